The minimum atomic E-state index is -0.189. The zero-order valence-corrected chi connectivity index (χ0v) is 17.6. The number of fused-ring (bicyclic) bond motifs is 1. The fraction of sp³-hybridized carbons (Fsp3) is 0.182. The molecule has 4 aromatic rings. The number of nitrogens with zero attached hydrogens (tertiary/aromatic N) is 1. The fourth-order valence-electron chi connectivity index (χ4n) is 3.14. The largest absolute Gasteiger partial charge is 0.488 e. The van der Waals surface area contributed by atoms with E-state index in [1.54, 1.807) is 6.07 Å². The van der Waals surface area contributed by atoms with Crippen molar-refractivity contribution in [3.63, 3.8) is 0 Å². The van der Waals surface area contributed by atoms with Crippen LogP contribution in [-0.4, -0.2) is 4.98 Å². The number of hydrogen-bond acceptors (Lipinski definition) is 6. The molecule has 0 amide bonds. The second kappa shape index (κ2) is 7.89. The molecule has 0 aliphatic heterocycles. The lowest BCUT2D eigenvalue weighted by molar-refractivity contribution is 0.303. The van der Waals surface area contributed by atoms with Gasteiger partial charge < -0.3 is 14.9 Å². The van der Waals surface area contributed by atoms with Crippen molar-refractivity contribution in [1.82, 2.24) is 4.98 Å². The molecule has 7 heteroatoms. The highest BCUT2D eigenvalue weighted by atomic mass is 35.5. The van der Waals surface area contributed by atoms with E-state index in [4.69, 9.17) is 26.5 Å². The summed E-state index contributed by atoms with van der Waals surface area (Å²) in [5.41, 5.74) is 9.20. The van der Waals surface area contributed by atoms with E-state index in [1.165, 1.54) is 11.3 Å². The Labute approximate surface area is 176 Å². The van der Waals surface area contributed by atoms with Crippen molar-refractivity contribution < 1.29 is 9.15 Å². The highest BCUT2D eigenvalue weighted by Gasteiger charge is 2.19. The molecule has 2 N–H and O–H groups in total. The Morgan fingerprint density at radius 3 is 2.72 bits per heavy atom. The lowest BCUT2D eigenvalue weighted by atomic mass is 10.1. The van der Waals surface area contributed by atoms with Gasteiger partial charge in [-0.05, 0) is 31.0 Å². The number of aryl methyl sites for hydroxylation is 2. The highest BCUT2D eigenvalue weighted by Crippen LogP contribution is 2.32. The maximum absolute atomic E-state index is 13.1. The molecule has 4 rings (SSSR count). The summed E-state index contributed by atoms with van der Waals surface area (Å²) in [5, 5.41) is 3.55. The van der Waals surface area contributed by atoms with Crippen LogP contribution in [0, 0.1) is 6.92 Å². The Morgan fingerprint density at radius 1 is 1.24 bits per heavy atom. The summed E-state index contributed by atoms with van der Waals surface area (Å²) in [6.07, 6.45) is 0.698. The zero-order valence-electron chi connectivity index (χ0n) is 16.0. The summed E-state index contributed by atoms with van der Waals surface area (Å²) in [6, 6.07) is 11.1. The van der Waals surface area contributed by atoms with Crippen LogP contribution in [0.2, 0.25) is 5.02 Å². The third kappa shape index (κ3) is 3.73. The van der Waals surface area contributed by atoms with Gasteiger partial charge in [0.25, 0.3) is 0 Å². The lowest BCUT2D eigenvalue weighted by Crippen LogP contribution is -2.10. The minimum absolute atomic E-state index is 0.0538. The van der Waals surface area contributed by atoms with E-state index in [0.29, 0.717) is 45.3 Å². The SMILES string of the molecule is CCc1cc2c(=O)c(-c3nc(C)cs3)c(N)oc2cc1OCc1ccccc1Cl. The predicted octanol–water partition coefficient (Wildman–Crippen LogP) is 5.60. The molecular weight excluding hydrogens is 408 g/mol. The number of ether oxygens (including phenoxy) is 1. The van der Waals surface area contributed by atoms with Gasteiger partial charge in [-0.15, -0.1) is 11.3 Å². The number of halogens is 1. The number of nitrogens with two attached hydrogens (primary N) is 1. The number of rotatable bonds is 5. The van der Waals surface area contributed by atoms with E-state index in [2.05, 4.69) is 4.98 Å². The van der Waals surface area contributed by atoms with Crippen LogP contribution in [0.15, 0.2) is 51.0 Å². The maximum atomic E-state index is 13.1. The lowest BCUT2D eigenvalue weighted by Gasteiger charge is -2.13. The van der Waals surface area contributed by atoms with E-state index in [-0.39, 0.29) is 11.3 Å². The van der Waals surface area contributed by atoms with Gasteiger partial charge in [0.2, 0.25) is 11.3 Å². The van der Waals surface area contributed by atoms with Crippen molar-refractivity contribution in [2.45, 2.75) is 26.9 Å². The first-order chi connectivity index (χ1) is 14.0. The van der Waals surface area contributed by atoms with Crippen LogP contribution in [0.25, 0.3) is 21.5 Å². The predicted molar refractivity (Wildman–Crippen MR) is 118 cm³/mol. The molecule has 2 heterocycles. The van der Waals surface area contributed by atoms with Crippen LogP contribution in [0.1, 0.15) is 23.7 Å². The zero-order chi connectivity index (χ0) is 20.5. The number of nitrogen functional groups attached to an aromatic ring is 1. The minimum Gasteiger partial charge on any atom is -0.488 e. The summed E-state index contributed by atoms with van der Waals surface area (Å²) in [4.78, 5) is 17.5. The van der Waals surface area contributed by atoms with Crippen molar-refractivity contribution in [2.24, 2.45) is 0 Å². The summed E-state index contributed by atoms with van der Waals surface area (Å²) in [7, 11) is 0. The Morgan fingerprint density at radius 2 is 2.03 bits per heavy atom. The average Bonchev–Trinajstić information content (AvgIpc) is 3.12. The number of benzene rings is 2. The molecule has 2 aromatic carbocycles. The van der Waals surface area contributed by atoms with Crippen LogP contribution >= 0.6 is 22.9 Å². The average molecular weight is 427 g/mol. The Balaban J connectivity index is 1.78. The molecule has 0 unspecified atom stereocenters. The number of anilines is 1. The van der Waals surface area contributed by atoms with Crippen LogP contribution < -0.4 is 15.9 Å². The Bertz CT molecular complexity index is 1260. The van der Waals surface area contributed by atoms with Crippen LogP contribution in [0.4, 0.5) is 5.88 Å². The molecule has 0 saturated carbocycles. The van der Waals surface area contributed by atoms with E-state index in [9.17, 15) is 4.79 Å². The smallest absolute Gasteiger partial charge is 0.205 e. The molecule has 0 radical (unpaired) electrons. The molecular formula is C22H19ClN2O3S. The van der Waals surface area contributed by atoms with Crippen LogP contribution in [-0.2, 0) is 13.0 Å². The summed E-state index contributed by atoms with van der Waals surface area (Å²) >= 11 is 7.59. The molecule has 0 spiro atoms. The third-order valence-electron chi connectivity index (χ3n) is 4.66. The summed E-state index contributed by atoms with van der Waals surface area (Å²) in [6.45, 7) is 4.19. The highest BCUT2D eigenvalue weighted by molar-refractivity contribution is 7.13. The van der Waals surface area contributed by atoms with Gasteiger partial charge in [0.1, 0.15) is 28.5 Å². The topological polar surface area (TPSA) is 78.4 Å². The van der Waals surface area contributed by atoms with Crippen LogP contribution in [0.3, 0.4) is 0 Å². The Hall–Kier alpha value is -2.83. The molecule has 0 bridgehead atoms. The first-order valence-corrected chi connectivity index (χ1v) is 10.4. The van der Waals surface area contributed by atoms with E-state index in [0.717, 1.165) is 16.8 Å². The Kier molecular flexibility index (Phi) is 5.30. The van der Waals surface area contributed by atoms with Gasteiger partial charge in [0.15, 0.2) is 0 Å². The molecule has 29 heavy (non-hydrogen) atoms. The molecule has 2 aromatic heterocycles. The summed E-state index contributed by atoms with van der Waals surface area (Å²) in [5.74, 6) is 0.693. The van der Waals surface area contributed by atoms with E-state index in [1.807, 2.05) is 49.6 Å². The van der Waals surface area contributed by atoms with Crippen molar-refractivity contribution in [1.29, 1.82) is 0 Å². The molecule has 0 fully saturated rings. The second-order valence-electron chi connectivity index (χ2n) is 6.65. The maximum Gasteiger partial charge on any atom is 0.205 e. The molecule has 0 aliphatic rings. The van der Waals surface area contributed by atoms with Gasteiger partial charge in [-0.2, -0.15) is 0 Å². The van der Waals surface area contributed by atoms with E-state index >= 15 is 0 Å². The van der Waals surface area contributed by atoms with Crippen molar-refractivity contribution in [3.05, 3.63) is 73.8 Å². The van der Waals surface area contributed by atoms with Gasteiger partial charge in [0.05, 0.1) is 5.39 Å². The number of thiazole rings is 1. The first kappa shape index (κ1) is 19.5. The molecule has 0 atom stereocenters. The van der Waals surface area contributed by atoms with Crippen molar-refractivity contribution in [3.8, 4) is 16.3 Å². The quantitative estimate of drug-likeness (QED) is 0.449. The van der Waals surface area contributed by atoms with Crippen molar-refractivity contribution in [2.75, 3.05) is 5.73 Å². The first-order valence-electron chi connectivity index (χ1n) is 9.15. The molecule has 148 valence electrons. The molecule has 0 saturated heterocycles. The van der Waals surface area contributed by atoms with Crippen molar-refractivity contribution >= 4 is 39.8 Å². The monoisotopic (exact) mass is 426 g/mol. The van der Waals surface area contributed by atoms with Crippen LogP contribution in [0.5, 0.6) is 5.75 Å². The molecule has 0 aliphatic carbocycles. The summed E-state index contributed by atoms with van der Waals surface area (Å²) < 4.78 is 11.8. The third-order valence-corrected chi connectivity index (χ3v) is 6.00. The van der Waals surface area contributed by atoms with Gasteiger partial charge in [-0.3, -0.25) is 4.79 Å². The van der Waals surface area contributed by atoms with Gasteiger partial charge in [-0.1, -0.05) is 36.7 Å². The molecule has 5 nitrogen and oxygen atoms in total. The van der Waals surface area contributed by atoms with Gasteiger partial charge in [0, 0.05) is 27.7 Å². The van der Waals surface area contributed by atoms with Gasteiger partial charge >= 0.3 is 0 Å². The standard InChI is InChI=1S/C22H19ClN2O3S/c1-3-13-8-15-18(9-17(13)27-10-14-6-4-5-7-16(14)23)28-21(24)19(20(15)26)22-25-12(2)11-29-22/h4-9,11H,3,10,24H2,1-2H3. The fourth-order valence-corrected chi connectivity index (χ4v) is 4.17. The number of hydrogen-bond donors (Lipinski definition) is 1. The van der Waals surface area contributed by atoms with Gasteiger partial charge in [-0.25, -0.2) is 4.98 Å². The second-order valence-corrected chi connectivity index (χ2v) is 7.92. The normalized spacial score (nSPS) is 11.1. The number of aromatic nitrogens is 1. The van der Waals surface area contributed by atoms with E-state index < -0.39 is 0 Å².